The van der Waals surface area contributed by atoms with E-state index in [0.717, 1.165) is 26.1 Å². The predicted molar refractivity (Wildman–Crippen MR) is 76.0 cm³/mol. The summed E-state index contributed by atoms with van der Waals surface area (Å²) >= 11 is 1.79. The molecule has 1 aliphatic heterocycles. The van der Waals surface area contributed by atoms with E-state index >= 15 is 0 Å². The number of hydrogen-bond acceptors (Lipinski definition) is 5. The first-order valence-electron chi connectivity index (χ1n) is 6.32. The van der Waals surface area contributed by atoms with Crippen LogP contribution in [0.4, 0.5) is 0 Å². The molecule has 102 valence electrons. The van der Waals surface area contributed by atoms with Crippen molar-refractivity contribution in [2.75, 3.05) is 44.2 Å². The van der Waals surface area contributed by atoms with E-state index in [-0.39, 0.29) is 0 Å². The molecule has 0 saturated carbocycles. The van der Waals surface area contributed by atoms with Crippen molar-refractivity contribution in [3.05, 3.63) is 22.4 Å². The minimum absolute atomic E-state index is 0.322. The predicted octanol–water partition coefficient (Wildman–Crippen LogP) is 0.611. The van der Waals surface area contributed by atoms with E-state index in [1.807, 2.05) is 0 Å². The normalized spacial score (nSPS) is 20.0. The number of sulfone groups is 1. The monoisotopic (exact) mass is 288 g/mol. The Morgan fingerprint density at radius 2 is 2.06 bits per heavy atom. The van der Waals surface area contributed by atoms with E-state index < -0.39 is 9.84 Å². The number of hydrogen-bond donors (Lipinski definition) is 1. The van der Waals surface area contributed by atoms with Crippen molar-refractivity contribution in [2.24, 2.45) is 0 Å². The molecule has 1 aromatic rings. The Balaban J connectivity index is 1.54. The first-order valence-corrected chi connectivity index (χ1v) is 9.02. The molecule has 0 bridgehead atoms. The minimum atomic E-state index is -2.74. The van der Waals surface area contributed by atoms with Gasteiger partial charge in [0.2, 0.25) is 0 Å². The van der Waals surface area contributed by atoms with Crippen LogP contribution in [0.3, 0.4) is 0 Å². The Kier molecular flexibility index (Phi) is 5.17. The molecule has 1 aromatic heterocycles. The summed E-state index contributed by atoms with van der Waals surface area (Å²) in [5, 5.41) is 5.51. The molecule has 1 fully saturated rings. The number of nitrogens with one attached hydrogen (secondary N) is 1. The molecule has 1 saturated heterocycles. The zero-order chi connectivity index (χ0) is 12.8. The molecule has 0 spiro atoms. The Morgan fingerprint density at radius 3 is 2.72 bits per heavy atom. The van der Waals surface area contributed by atoms with Crippen molar-refractivity contribution in [3.8, 4) is 0 Å². The topological polar surface area (TPSA) is 49.4 Å². The number of nitrogens with zero attached hydrogens (tertiary/aromatic N) is 1. The molecule has 6 heteroatoms. The lowest BCUT2D eigenvalue weighted by Crippen LogP contribution is -2.43. The van der Waals surface area contributed by atoms with Gasteiger partial charge in [0.25, 0.3) is 0 Å². The molecule has 1 aliphatic rings. The van der Waals surface area contributed by atoms with Crippen molar-refractivity contribution >= 4 is 21.2 Å². The van der Waals surface area contributed by atoms with Crippen molar-refractivity contribution in [1.82, 2.24) is 10.2 Å². The summed E-state index contributed by atoms with van der Waals surface area (Å²) in [4.78, 5) is 3.63. The van der Waals surface area contributed by atoms with Gasteiger partial charge in [-0.15, -0.1) is 11.3 Å². The van der Waals surface area contributed by atoms with Crippen LogP contribution < -0.4 is 5.32 Å². The maximum atomic E-state index is 11.3. The van der Waals surface area contributed by atoms with Gasteiger partial charge in [0.15, 0.2) is 9.84 Å². The summed E-state index contributed by atoms with van der Waals surface area (Å²) < 4.78 is 22.5. The Morgan fingerprint density at radius 1 is 1.28 bits per heavy atom. The molecular weight excluding hydrogens is 268 g/mol. The highest BCUT2D eigenvalue weighted by molar-refractivity contribution is 7.91. The molecule has 0 aliphatic carbocycles. The SMILES string of the molecule is O=S1(=O)CCN(CCNCCc2cccs2)CC1. The maximum Gasteiger partial charge on any atom is 0.152 e. The quantitative estimate of drug-likeness (QED) is 0.779. The fraction of sp³-hybridized carbons (Fsp3) is 0.667. The second-order valence-corrected chi connectivity index (χ2v) is 7.91. The minimum Gasteiger partial charge on any atom is -0.315 e. The third-order valence-electron chi connectivity index (χ3n) is 3.17. The average Bonchev–Trinajstić information content (AvgIpc) is 2.84. The molecule has 2 heterocycles. The molecular formula is C12H20N2O2S2. The van der Waals surface area contributed by atoms with Gasteiger partial charge in [-0.3, -0.25) is 0 Å². The fourth-order valence-electron chi connectivity index (χ4n) is 2.00. The van der Waals surface area contributed by atoms with Gasteiger partial charge in [-0.25, -0.2) is 8.42 Å². The van der Waals surface area contributed by atoms with E-state index in [1.165, 1.54) is 4.88 Å². The fourth-order valence-corrected chi connectivity index (χ4v) is 3.99. The Bertz CT molecular complexity index is 429. The number of rotatable bonds is 6. The zero-order valence-corrected chi connectivity index (χ0v) is 12.1. The van der Waals surface area contributed by atoms with Gasteiger partial charge in [0.1, 0.15) is 0 Å². The summed E-state index contributed by atoms with van der Waals surface area (Å²) in [5.41, 5.74) is 0. The maximum absolute atomic E-state index is 11.3. The van der Waals surface area contributed by atoms with Gasteiger partial charge in [-0.2, -0.15) is 0 Å². The lowest BCUT2D eigenvalue weighted by Gasteiger charge is -2.26. The zero-order valence-electron chi connectivity index (χ0n) is 10.5. The lowest BCUT2D eigenvalue weighted by atomic mass is 10.3. The largest absolute Gasteiger partial charge is 0.315 e. The van der Waals surface area contributed by atoms with E-state index in [0.29, 0.717) is 24.6 Å². The Hall–Kier alpha value is -0.430. The van der Waals surface area contributed by atoms with Crippen LogP contribution in [0.25, 0.3) is 0 Å². The highest BCUT2D eigenvalue weighted by atomic mass is 32.2. The van der Waals surface area contributed by atoms with Gasteiger partial charge < -0.3 is 10.2 Å². The first-order chi connectivity index (χ1) is 8.66. The highest BCUT2D eigenvalue weighted by Crippen LogP contribution is 2.08. The summed E-state index contributed by atoms with van der Waals surface area (Å²) in [7, 11) is -2.74. The molecule has 1 N–H and O–H groups in total. The van der Waals surface area contributed by atoms with Gasteiger partial charge >= 0.3 is 0 Å². The first kappa shape index (κ1) is 14.0. The lowest BCUT2D eigenvalue weighted by molar-refractivity contribution is 0.295. The van der Waals surface area contributed by atoms with E-state index in [1.54, 1.807) is 11.3 Å². The van der Waals surface area contributed by atoms with Crippen molar-refractivity contribution in [1.29, 1.82) is 0 Å². The van der Waals surface area contributed by atoms with Crippen molar-refractivity contribution in [3.63, 3.8) is 0 Å². The van der Waals surface area contributed by atoms with Gasteiger partial charge in [0, 0.05) is 37.6 Å². The summed E-state index contributed by atoms with van der Waals surface area (Å²) in [6.45, 7) is 4.25. The molecule has 0 aromatic carbocycles. The van der Waals surface area contributed by atoms with Crippen LogP contribution in [-0.4, -0.2) is 57.5 Å². The van der Waals surface area contributed by atoms with Crippen molar-refractivity contribution < 1.29 is 8.42 Å². The Labute approximate surface area is 113 Å². The summed E-state index contributed by atoms with van der Waals surface area (Å²) in [5.74, 6) is 0.643. The molecule has 0 amide bonds. The third kappa shape index (κ3) is 4.68. The van der Waals surface area contributed by atoms with Gasteiger partial charge in [-0.05, 0) is 17.9 Å². The van der Waals surface area contributed by atoms with E-state index in [9.17, 15) is 8.42 Å². The molecule has 2 rings (SSSR count). The van der Waals surface area contributed by atoms with Crippen LogP contribution in [0, 0.1) is 0 Å². The van der Waals surface area contributed by atoms with Crippen LogP contribution in [0.2, 0.25) is 0 Å². The third-order valence-corrected chi connectivity index (χ3v) is 5.72. The second-order valence-electron chi connectivity index (χ2n) is 4.57. The van der Waals surface area contributed by atoms with Crippen LogP contribution in [0.15, 0.2) is 17.5 Å². The van der Waals surface area contributed by atoms with Crippen LogP contribution in [0.5, 0.6) is 0 Å². The standard InChI is InChI=1S/C12H20N2O2S2/c15-18(16)10-7-14(8-11-18)6-5-13-4-3-12-2-1-9-17-12/h1-2,9,13H,3-8,10-11H2. The highest BCUT2D eigenvalue weighted by Gasteiger charge is 2.20. The van der Waals surface area contributed by atoms with E-state index in [2.05, 4.69) is 27.7 Å². The van der Waals surface area contributed by atoms with Gasteiger partial charge in [0.05, 0.1) is 11.5 Å². The van der Waals surface area contributed by atoms with Crippen LogP contribution in [0.1, 0.15) is 4.88 Å². The van der Waals surface area contributed by atoms with Crippen LogP contribution in [-0.2, 0) is 16.3 Å². The molecule has 0 radical (unpaired) electrons. The molecule has 0 atom stereocenters. The summed E-state index contributed by atoms with van der Waals surface area (Å²) in [6, 6.07) is 4.23. The smallest absolute Gasteiger partial charge is 0.152 e. The molecule has 18 heavy (non-hydrogen) atoms. The number of thiophene rings is 1. The second kappa shape index (κ2) is 6.65. The van der Waals surface area contributed by atoms with Gasteiger partial charge in [-0.1, -0.05) is 6.07 Å². The van der Waals surface area contributed by atoms with Crippen LogP contribution >= 0.6 is 11.3 Å². The van der Waals surface area contributed by atoms with Crippen molar-refractivity contribution in [2.45, 2.75) is 6.42 Å². The average molecular weight is 288 g/mol. The summed E-state index contributed by atoms with van der Waals surface area (Å²) in [6.07, 6.45) is 1.08. The molecule has 4 nitrogen and oxygen atoms in total. The molecule has 0 unspecified atom stereocenters. The van der Waals surface area contributed by atoms with E-state index in [4.69, 9.17) is 0 Å².